The summed E-state index contributed by atoms with van der Waals surface area (Å²) < 4.78 is 6.84. The monoisotopic (exact) mass is 220 g/mol. The molecule has 0 fully saturated rings. The summed E-state index contributed by atoms with van der Waals surface area (Å²) in [5.74, 6) is 0.448. The minimum atomic E-state index is -0.0210. The average Bonchev–Trinajstić information content (AvgIpc) is 2.67. The molecule has 0 amide bonds. The number of nitrogens with zero attached hydrogens (tertiary/aromatic N) is 5. The molecule has 0 saturated heterocycles. The maximum absolute atomic E-state index is 5.56. The molecule has 0 radical (unpaired) electrons. The zero-order valence-corrected chi connectivity index (χ0v) is 9.03. The first-order valence-corrected chi connectivity index (χ1v) is 4.83. The number of nitrogens with two attached hydrogens (primary N) is 1. The molecule has 2 heterocycles. The molecule has 2 rings (SSSR count). The van der Waals surface area contributed by atoms with Crippen LogP contribution < -0.4 is 10.5 Å². The van der Waals surface area contributed by atoms with Crippen LogP contribution in [0.15, 0.2) is 18.5 Å². The van der Waals surface area contributed by atoms with Gasteiger partial charge in [-0.1, -0.05) is 0 Å². The maximum atomic E-state index is 5.56. The molecule has 2 aromatic rings. The van der Waals surface area contributed by atoms with Crippen molar-refractivity contribution in [2.45, 2.75) is 20.0 Å². The van der Waals surface area contributed by atoms with Crippen LogP contribution in [0, 0.1) is 0 Å². The van der Waals surface area contributed by atoms with Gasteiger partial charge in [-0.15, -0.1) is 0 Å². The molecule has 0 saturated carbocycles. The van der Waals surface area contributed by atoms with E-state index < -0.39 is 0 Å². The lowest BCUT2D eigenvalue weighted by Gasteiger charge is -2.08. The van der Waals surface area contributed by atoms with Crippen LogP contribution in [0.5, 0.6) is 6.01 Å². The number of aromatic nitrogens is 5. The Morgan fingerprint density at radius 1 is 1.31 bits per heavy atom. The number of ether oxygens (including phenoxy) is 1. The van der Waals surface area contributed by atoms with Crippen LogP contribution in [0.4, 0.5) is 5.95 Å². The van der Waals surface area contributed by atoms with E-state index in [0.717, 1.165) is 0 Å². The molecular formula is C9H12N6O. The Bertz CT molecular complexity index is 467. The first-order chi connectivity index (χ1) is 7.65. The highest BCUT2D eigenvalue weighted by Gasteiger charge is 2.08. The van der Waals surface area contributed by atoms with E-state index in [4.69, 9.17) is 10.5 Å². The Hall–Kier alpha value is -2.18. The number of anilines is 1. The van der Waals surface area contributed by atoms with Crippen LogP contribution in [0.25, 0.3) is 5.95 Å². The van der Waals surface area contributed by atoms with E-state index in [1.165, 1.54) is 4.68 Å². The van der Waals surface area contributed by atoms with Gasteiger partial charge in [0.15, 0.2) is 0 Å². The molecule has 7 heteroatoms. The van der Waals surface area contributed by atoms with E-state index in [1.807, 2.05) is 13.8 Å². The number of hydrogen-bond acceptors (Lipinski definition) is 6. The second-order valence-electron chi connectivity index (χ2n) is 3.39. The first kappa shape index (κ1) is 10.3. The Labute approximate surface area is 92.3 Å². The van der Waals surface area contributed by atoms with E-state index >= 15 is 0 Å². The van der Waals surface area contributed by atoms with Crippen LogP contribution in [-0.4, -0.2) is 30.8 Å². The van der Waals surface area contributed by atoms with Gasteiger partial charge in [0.1, 0.15) is 0 Å². The predicted octanol–water partition coefficient (Wildman–Crippen LogP) is 0.427. The van der Waals surface area contributed by atoms with Crippen LogP contribution in [0.3, 0.4) is 0 Å². The third-order valence-corrected chi connectivity index (χ3v) is 1.67. The summed E-state index contributed by atoms with van der Waals surface area (Å²) in [5, 5.41) is 4.00. The summed E-state index contributed by atoms with van der Waals surface area (Å²) in [5.41, 5.74) is 5.56. The van der Waals surface area contributed by atoms with Gasteiger partial charge in [0.25, 0.3) is 5.95 Å². The molecule has 0 aliphatic heterocycles. The van der Waals surface area contributed by atoms with Gasteiger partial charge in [0.05, 0.1) is 6.10 Å². The van der Waals surface area contributed by atoms with Crippen molar-refractivity contribution in [1.29, 1.82) is 0 Å². The lowest BCUT2D eigenvalue weighted by Crippen LogP contribution is -2.13. The predicted molar refractivity (Wildman–Crippen MR) is 57.1 cm³/mol. The highest BCUT2D eigenvalue weighted by molar-refractivity contribution is 5.24. The molecule has 2 N–H and O–H groups in total. The molecule has 0 aliphatic rings. The summed E-state index contributed by atoms with van der Waals surface area (Å²) in [6.07, 6.45) is 3.32. The van der Waals surface area contributed by atoms with Crippen LogP contribution in [0.2, 0.25) is 0 Å². The van der Waals surface area contributed by atoms with E-state index in [-0.39, 0.29) is 18.1 Å². The van der Waals surface area contributed by atoms with E-state index in [0.29, 0.717) is 5.95 Å². The topological polar surface area (TPSA) is 91.7 Å². The fourth-order valence-electron chi connectivity index (χ4n) is 1.11. The lowest BCUT2D eigenvalue weighted by atomic mass is 10.5. The molecule has 0 atom stereocenters. The van der Waals surface area contributed by atoms with Crippen molar-refractivity contribution in [2.24, 2.45) is 0 Å². The molecule has 0 aliphatic carbocycles. The Kier molecular flexibility index (Phi) is 2.67. The van der Waals surface area contributed by atoms with Crippen molar-refractivity contribution in [3.63, 3.8) is 0 Å². The second kappa shape index (κ2) is 4.13. The van der Waals surface area contributed by atoms with Crippen LogP contribution in [0.1, 0.15) is 13.8 Å². The summed E-state index contributed by atoms with van der Waals surface area (Å²) in [6.45, 7) is 3.77. The van der Waals surface area contributed by atoms with E-state index in [9.17, 15) is 0 Å². The highest BCUT2D eigenvalue weighted by Crippen LogP contribution is 2.09. The highest BCUT2D eigenvalue weighted by atomic mass is 16.5. The van der Waals surface area contributed by atoms with E-state index in [2.05, 4.69) is 20.1 Å². The number of hydrogen-bond donors (Lipinski definition) is 1. The van der Waals surface area contributed by atoms with E-state index in [1.54, 1.807) is 18.5 Å². The van der Waals surface area contributed by atoms with Crippen molar-refractivity contribution in [3.8, 4) is 12.0 Å². The third-order valence-electron chi connectivity index (χ3n) is 1.67. The Balaban J connectivity index is 2.36. The van der Waals surface area contributed by atoms with Gasteiger partial charge < -0.3 is 10.5 Å². The van der Waals surface area contributed by atoms with Gasteiger partial charge in [0.2, 0.25) is 5.95 Å². The molecule has 7 nitrogen and oxygen atoms in total. The molecule has 0 spiro atoms. The fourth-order valence-corrected chi connectivity index (χ4v) is 1.11. The normalized spacial score (nSPS) is 10.7. The molecule has 84 valence electrons. The van der Waals surface area contributed by atoms with Crippen molar-refractivity contribution in [3.05, 3.63) is 18.5 Å². The number of rotatable bonds is 3. The minimum absolute atomic E-state index is 0.0210. The van der Waals surface area contributed by atoms with Gasteiger partial charge in [-0.05, 0) is 19.9 Å². The quantitative estimate of drug-likeness (QED) is 0.806. The van der Waals surface area contributed by atoms with Gasteiger partial charge in [-0.25, -0.2) is 4.68 Å². The Morgan fingerprint density at radius 3 is 2.75 bits per heavy atom. The SMILES string of the molecule is CC(C)Oc1nc(N)nc(-n2cccn2)n1. The lowest BCUT2D eigenvalue weighted by molar-refractivity contribution is 0.221. The molecule has 2 aromatic heterocycles. The first-order valence-electron chi connectivity index (χ1n) is 4.83. The molecule has 0 aromatic carbocycles. The van der Waals surface area contributed by atoms with Crippen LogP contribution in [-0.2, 0) is 0 Å². The van der Waals surface area contributed by atoms with Crippen molar-refractivity contribution in [1.82, 2.24) is 24.7 Å². The van der Waals surface area contributed by atoms with Crippen molar-refractivity contribution < 1.29 is 4.74 Å². The standard InChI is InChI=1S/C9H12N6O/c1-6(2)16-9-13-7(10)12-8(14-9)15-5-3-4-11-15/h3-6H,1-2H3,(H2,10,12,13,14). The summed E-state index contributed by atoms with van der Waals surface area (Å²) in [4.78, 5) is 11.9. The largest absolute Gasteiger partial charge is 0.461 e. The fraction of sp³-hybridized carbons (Fsp3) is 0.333. The molecule has 16 heavy (non-hydrogen) atoms. The number of nitrogen functional groups attached to an aromatic ring is 1. The smallest absolute Gasteiger partial charge is 0.323 e. The summed E-state index contributed by atoms with van der Waals surface area (Å²) in [6, 6.07) is 1.97. The molecular weight excluding hydrogens is 208 g/mol. The molecule has 0 unspecified atom stereocenters. The van der Waals surface area contributed by atoms with Gasteiger partial charge >= 0.3 is 6.01 Å². The van der Waals surface area contributed by atoms with Crippen molar-refractivity contribution in [2.75, 3.05) is 5.73 Å². The van der Waals surface area contributed by atoms with Gasteiger partial charge in [-0.2, -0.15) is 20.1 Å². The summed E-state index contributed by atoms with van der Waals surface area (Å²) >= 11 is 0. The average molecular weight is 220 g/mol. The van der Waals surface area contributed by atoms with Crippen LogP contribution >= 0.6 is 0 Å². The zero-order valence-electron chi connectivity index (χ0n) is 9.03. The van der Waals surface area contributed by atoms with Gasteiger partial charge in [-0.3, -0.25) is 0 Å². The van der Waals surface area contributed by atoms with Crippen molar-refractivity contribution >= 4 is 5.95 Å². The Morgan fingerprint density at radius 2 is 2.12 bits per heavy atom. The maximum Gasteiger partial charge on any atom is 0.323 e. The second-order valence-corrected chi connectivity index (χ2v) is 3.39. The van der Waals surface area contributed by atoms with Gasteiger partial charge in [0, 0.05) is 12.4 Å². The summed E-state index contributed by atoms with van der Waals surface area (Å²) in [7, 11) is 0. The third kappa shape index (κ3) is 2.25. The molecule has 0 bridgehead atoms. The zero-order chi connectivity index (χ0) is 11.5. The minimum Gasteiger partial charge on any atom is -0.461 e.